The van der Waals surface area contributed by atoms with Gasteiger partial charge in [-0.1, -0.05) is 25.2 Å². The molecule has 0 radical (unpaired) electrons. The second-order valence-corrected chi connectivity index (χ2v) is 5.62. The number of hydrogen-bond acceptors (Lipinski definition) is 3. The van der Waals surface area contributed by atoms with Crippen molar-refractivity contribution in [2.45, 2.75) is 19.4 Å². The molecule has 1 saturated heterocycles. The fourth-order valence-corrected chi connectivity index (χ4v) is 3.22. The van der Waals surface area contributed by atoms with Crippen molar-refractivity contribution in [2.24, 2.45) is 5.73 Å². The van der Waals surface area contributed by atoms with Crippen molar-refractivity contribution in [1.82, 2.24) is 0 Å². The number of nitrogens with two attached hydrogens (primary N) is 1. The highest BCUT2D eigenvalue weighted by molar-refractivity contribution is 9.10. The van der Waals surface area contributed by atoms with E-state index in [9.17, 15) is 0 Å². The first-order valence-corrected chi connectivity index (χ1v) is 7.28. The number of thiocarbonyl (C=S) groups is 1. The lowest BCUT2D eigenvalue weighted by atomic mass is 10.1. The summed E-state index contributed by atoms with van der Waals surface area (Å²) in [6, 6.07) is 6.46. The Kier molecular flexibility index (Phi) is 4.59. The molecule has 18 heavy (non-hydrogen) atoms. The summed E-state index contributed by atoms with van der Waals surface area (Å²) in [4.78, 5) is 2.78. The van der Waals surface area contributed by atoms with Gasteiger partial charge in [-0.3, -0.25) is 0 Å². The SMILES string of the molecule is CCC1COCCN1c1cccc(Br)c1C(N)=S. The number of morpholine rings is 1. The van der Waals surface area contributed by atoms with E-state index in [1.807, 2.05) is 12.1 Å². The van der Waals surface area contributed by atoms with Gasteiger partial charge < -0.3 is 15.4 Å². The van der Waals surface area contributed by atoms with E-state index < -0.39 is 0 Å². The molecule has 1 aliphatic rings. The second kappa shape index (κ2) is 5.99. The Hall–Kier alpha value is -0.650. The molecular formula is C13H17BrN2OS. The first kappa shape index (κ1) is 13.8. The van der Waals surface area contributed by atoms with Gasteiger partial charge in [0.05, 0.1) is 19.3 Å². The average Bonchev–Trinajstić information content (AvgIpc) is 2.38. The van der Waals surface area contributed by atoms with Crippen LogP contribution in [0.1, 0.15) is 18.9 Å². The first-order valence-electron chi connectivity index (χ1n) is 6.07. The summed E-state index contributed by atoms with van der Waals surface area (Å²) in [7, 11) is 0. The van der Waals surface area contributed by atoms with Gasteiger partial charge in [-0.2, -0.15) is 0 Å². The van der Waals surface area contributed by atoms with Gasteiger partial charge in [-0.15, -0.1) is 0 Å². The third kappa shape index (κ3) is 2.68. The summed E-state index contributed by atoms with van der Waals surface area (Å²) in [5, 5.41) is 0. The molecule has 0 saturated carbocycles. The van der Waals surface area contributed by atoms with Gasteiger partial charge in [0.1, 0.15) is 4.99 Å². The lowest BCUT2D eigenvalue weighted by molar-refractivity contribution is 0.0930. The third-order valence-corrected chi connectivity index (χ3v) is 4.11. The molecule has 1 fully saturated rings. The molecule has 1 unspecified atom stereocenters. The molecule has 0 bridgehead atoms. The van der Waals surface area contributed by atoms with Gasteiger partial charge in [0.25, 0.3) is 0 Å². The third-order valence-electron chi connectivity index (χ3n) is 3.25. The monoisotopic (exact) mass is 328 g/mol. The minimum atomic E-state index is 0.390. The van der Waals surface area contributed by atoms with Crippen molar-refractivity contribution < 1.29 is 4.74 Å². The Labute approximate surface area is 121 Å². The van der Waals surface area contributed by atoms with Crippen LogP contribution in [0.25, 0.3) is 0 Å². The molecule has 1 aromatic rings. The number of rotatable bonds is 3. The van der Waals surface area contributed by atoms with E-state index in [4.69, 9.17) is 22.7 Å². The molecule has 1 heterocycles. The molecule has 0 aromatic heterocycles. The van der Waals surface area contributed by atoms with Crippen LogP contribution in [0.4, 0.5) is 5.69 Å². The molecule has 0 spiro atoms. The quantitative estimate of drug-likeness (QED) is 0.866. The molecular weight excluding hydrogens is 312 g/mol. The molecule has 1 atom stereocenters. The molecule has 5 heteroatoms. The average molecular weight is 329 g/mol. The van der Waals surface area contributed by atoms with E-state index >= 15 is 0 Å². The number of benzene rings is 1. The zero-order valence-corrected chi connectivity index (χ0v) is 12.8. The minimum Gasteiger partial charge on any atom is -0.389 e. The predicted molar refractivity (Wildman–Crippen MR) is 82.3 cm³/mol. The van der Waals surface area contributed by atoms with E-state index in [1.54, 1.807) is 0 Å². The van der Waals surface area contributed by atoms with Crippen LogP contribution >= 0.6 is 28.1 Å². The summed E-state index contributed by atoms with van der Waals surface area (Å²) in [5.41, 5.74) is 7.88. The van der Waals surface area contributed by atoms with Gasteiger partial charge in [0.2, 0.25) is 0 Å². The second-order valence-electron chi connectivity index (χ2n) is 4.33. The van der Waals surface area contributed by atoms with Gasteiger partial charge in [0.15, 0.2) is 0 Å². The molecule has 0 amide bonds. The maximum absolute atomic E-state index is 5.85. The molecule has 2 N–H and O–H groups in total. The van der Waals surface area contributed by atoms with Crippen LogP contribution in [0.3, 0.4) is 0 Å². The first-order chi connectivity index (χ1) is 8.65. The lowest BCUT2D eigenvalue weighted by Gasteiger charge is -2.38. The number of halogens is 1. The zero-order chi connectivity index (χ0) is 13.1. The van der Waals surface area contributed by atoms with Crippen molar-refractivity contribution in [2.75, 3.05) is 24.7 Å². The standard InChI is InChI=1S/C13H17BrN2OS/c1-2-9-8-17-7-6-16(9)11-5-3-4-10(14)12(11)13(15)18/h3-5,9H,2,6-8H2,1H3,(H2,15,18). The van der Waals surface area contributed by atoms with E-state index in [0.29, 0.717) is 11.0 Å². The fraction of sp³-hybridized carbons (Fsp3) is 0.462. The molecule has 1 aromatic carbocycles. The van der Waals surface area contributed by atoms with Crippen molar-refractivity contribution in [3.8, 4) is 0 Å². The highest BCUT2D eigenvalue weighted by Gasteiger charge is 2.24. The van der Waals surface area contributed by atoms with E-state index in [1.165, 1.54) is 0 Å². The fourth-order valence-electron chi connectivity index (χ4n) is 2.31. The zero-order valence-electron chi connectivity index (χ0n) is 10.4. The van der Waals surface area contributed by atoms with Crippen LogP contribution in [0, 0.1) is 0 Å². The van der Waals surface area contributed by atoms with Gasteiger partial charge in [0, 0.05) is 22.3 Å². The summed E-state index contributed by atoms with van der Waals surface area (Å²) in [6.45, 7) is 4.56. The Balaban J connectivity index is 2.42. The Morgan fingerprint density at radius 2 is 2.39 bits per heavy atom. The smallest absolute Gasteiger partial charge is 0.107 e. The highest BCUT2D eigenvalue weighted by Crippen LogP contribution is 2.30. The number of hydrogen-bond donors (Lipinski definition) is 1. The highest BCUT2D eigenvalue weighted by atomic mass is 79.9. The van der Waals surface area contributed by atoms with E-state index in [2.05, 4.69) is 33.8 Å². The van der Waals surface area contributed by atoms with E-state index in [-0.39, 0.29) is 0 Å². The number of ether oxygens (including phenoxy) is 1. The van der Waals surface area contributed by atoms with Crippen LogP contribution in [0.5, 0.6) is 0 Å². The van der Waals surface area contributed by atoms with E-state index in [0.717, 1.165) is 41.9 Å². The van der Waals surface area contributed by atoms with Crippen LogP contribution in [-0.2, 0) is 4.74 Å². The minimum absolute atomic E-state index is 0.390. The van der Waals surface area contributed by atoms with Crippen LogP contribution < -0.4 is 10.6 Å². The van der Waals surface area contributed by atoms with Crippen LogP contribution in [0.15, 0.2) is 22.7 Å². The largest absolute Gasteiger partial charge is 0.389 e. The molecule has 3 nitrogen and oxygen atoms in total. The van der Waals surface area contributed by atoms with Crippen molar-refractivity contribution in [3.05, 3.63) is 28.2 Å². The molecule has 2 rings (SSSR count). The van der Waals surface area contributed by atoms with Crippen molar-refractivity contribution in [3.63, 3.8) is 0 Å². The topological polar surface area (TPSA) is 38.5 Å². The Bertz CT molecular complexity index is 453. The summed E-state index contributed by atoms with van der Waals surface area (Å²) in [6.07, 6.45) is 1.04. The van der Waals surface area contributed by atoms with Crippen LogP contribution in [-0.4, -0.2) is 30.8 Å². The maximum Gasteiger partial charge on any atom is 0.107 e. The lowest BCUT2D eigenvalue weighted by Crippen LogP contribution is -2.46. The molecule has 1 aliphatic heterocycles. The number of nitrogens with zero attached hydrogens (tertiary/aromatic N) is 1. The Morgan fingerprint density at radius 1 is 1.61 bits per heavy atom. The van der Waals surface area contributed by atoms with Crippen molar-refractivity contribution in [1.29, 1.82) is 0 Å². The van der Waals surface area contributed by atoms with Crippen molar-refractivity contribution >= 4 is 38.8 Å². The van der Waals surface area contributed by atoms with Crippen LogP contribution in [0.2, 0.25) is 0 Å². The molecule has 0 aliphatic carbocycles. The molecule has 98 valence electrons. The van der Waals surface area contributed by atoms with Gasteiger partial charge in [-0.25, -0.2) is 0 Å². The predicted octanol–water partition coefficient (Wildman–Crippen LogP) is 2.70. The van der Waals surface area contributed by atoms with Gasteiger partial charge >= 0.3 is 0 Å². The number of anilines is 1. The Morgan fingerprint density at radius 3 is 3.06 bits per heavy atom. The summed E-state index contributed by atoms with van der Waals surface area (Å²) >= 11 is 8.70. The summed E-state index contributed by atoms with van der Waals surface area (Å²) in [5.74, 6) is 0. The summed E-state index contributed by atoms with van der Waals surface area (Å²) < 4.78 is 6.49. The normalized spacial score (nSPS) is 19.9. The maximum atomic E-state index is 5.85. The van der Waals surface area contributed by atoms with Gasteiger partial charge in [-0.05, 0) is 34.5 Å².